The SMILES string of the molecule is CCN(CC)c1cccc2cccc[n+]12. The van der Waals surface area contributed by atoms with Crippen molar-refractivity contribution in [2.45, 2.75) is 13.8 Å². The Morgan fingerprint density at radius 3 is 2.47 bits per heavy atom. The molecule has 0 atom stereocenters. The van der Waals surface area contributed by atoms with Crippen molar-refractivity contribution in [3.63, 3.8) is 0 Å². The average Bonchev–Trinajstić information content (AvgIpc) is 2.31. The predicted octanol–water partition coefficient (Wildman–Crippen LogP) is 2.27. The van der Waals surface area contributed by atoms with Gasteiger partial charge in [-0.25, -0.2) is 4.40 Å². The van der Waals surface area contributed by atoms with Gasteiger partial charge in [-0.05, 0) is 38.1 Å². The Morgan fingerprint density at radius 1 is 1.00 bits per heavy atom. The molecule has 0 saturated heterocycles. The van der Waals surface area contributed by atoms with Gasteiger partial charge >= 0.3 is 0 Å². The van der Waals surface area contributed by atoms with Gasteiger partial charge in [-0.15, -0.1) is 0 Å². The molecule has 0 aliphatic rings. The smallest absolute Gasteiger partial charge is 0.262 e. The number of rotatable bonds is 3. The number of nitrogens with zero attached hydrogens (tertiary/aromatic N) is 2. The molecule has 2 aromatic heterocycles. The molecule has 0 aliphatic heterocycles. The maximum atomic E-state index is 2.35. The number of fused-ring (bicyclic) bond motifs is 1. The molecule has 2 aromatic rings. The standard InChI is InChI=1S/C13H17N2/c1-3-14(4-2)13-10-7-9-12-8-5-6-11-15(12)13/h5-11H,3-4H2,1-2H3/q+1. The van der Waals surface area contributed by atoms with Gasteiger partial charge in [0.05, 0.1) is 19.3 Å². The van der Waals surface area contributed by atoms with Crippen LogP contribution in [0.2, 0.25) is 0 Å². The highest BCUT2D eigenvalue weighted by Crippen LogP contribution is 2.09. The number of pyridine rings is 2. The zero-order valence-corrected chi connectivity index (χ0v) is 9.35. The second kappa shape index (κ2) is 4.30. The monoisotopic (exact) mass is 201 g/mol. The molecule has 0 aromatic carbocycles. The fourth-order valence-corrected chi connectivity index (χ4v) is 1.92. The van der Waals surface area contributed by atoms with Gasteiger partial charge in [0.2, 0.25) is 0 Å². The second-order valence-electron chi connectivity index (χ2n) is 3.55. The van der Waals surface area contributed by atoms with Crippen molar-refractivity contribution in [3.05, 3.63) is 42.6 Å². The number of anilines is 1. The normalized spacial score (nSPS) is 10.5. The van der Waals surface area contributed by atoms with Crippen LogP contribution in [0.25, 0.3) is 5.52 Å². The molecule has 0 aliphatic carbocycles. The Balaban J connectivity index is 2.59. The van der Waals surface area contributed by atoms with E-state index in [0.717, 1.165) is 13.1 Å². The van der Waals surface area contributed by atoms with E-state index in [9.17, 15) is 0 Å². The molecule has 0 fully saturated rings. The Hall–Kier alpha value is -1.57. The van der Waals surface area contributed by atoms with Crippen molar-refractivity contribution in [3.8, 4) is 0 Å². The summed E-state index contributed by atoms with van der Waals surface area (Å²) in [4.78, 5) is 2.35. The minimum atomic E-state index is 1.04. The summed E-state index contributed by atoms with van der Waals surface area (Å²) < 4.78 is 2.23. The molecule has 0 bridgehead atoms. The van der Waals surface area contributed by atoms with Crippen LogP contribution >= 0.6 is 0 Å². The molecule has 0 radical (unpaired) electrons. The molecule has 2 nitrogen and oxygen atoms in total. The number of hydrogen-bond donors (Lipinski definition) is 0. The van der Waals surface area contributed by atoms with Crippen LogP contribution in [0.15, 0.2) is 42.6 Å². The van der Waals surface area contributed by atoms with Gasteiger partial charge in [0.15, 0.2) is 0 Å². The summed E-state index contributed by atoms with van der Waals surface area (Å²) in [6, 6.07) is 12.7. The summed E-state index contributed by atoms with van der Waals surface area (Å²) in [5, 5.41) is 0. The molecule has 15 heavy (non-hydrogen) atoms. The minimum Gasteiger partial charge on any atom is -0.262 e. The van der Waals surface area contributed by atoms with Crippen molar-refractivity contribution in [1.29, 1.82) is 0 Å². The molecule has 78 valence electrons. The van der Waals surface area contributed by atoms with Gasteiger partial charge in [0.25, 0.3) is 5.82 Å². The van der Waals surface area contributed by atoms with Crippen molar-refractivity contribution in [2.75, 3.05) is 18.0 Å². The number of hydrogen-bond acceptors (Lipinski definition) is 1. The van der Waals surface area contributed by atoms with E-state index in [0.29, 0.717) is 0 Å². The van der Waals surface area contributed by atoms with E-state index in [-0.39, 0.29) is 0 Å². The fourth-order valence-electron chi connectivity index (χ4n) is 1.92. The van der Waals surface area contributed by atoms with Crippen LogP contribution in [-0.2, 0) is 0 Å². The second-order valence-corrected chi connectivity index (χ2v) is 3.55. The summed E-state index contributed by atoms with van der Waals surface area (Å²) in [5.41, 5.74) is 1.24. The van der Waals surface area contributed by atoms with E-state index < -0.39 is 0 Å². The minimum absolute atomic E-state index is 1.04. The maximum absolute atomic E-state index is 2.35. The third kappa shape index (κ3) is 1.80. The fraction of sp³-hybridized carbons (Fsp3) is 0.308. The van der Waals surface area contributed by atoms with E-state index in [4.69, 9.17) is 0 Å². The Morgan fingerprint density at radius 2 is 1.73 bits per heavy atom. The van der Waals surface area contributed by atoms with E-state index in [2.05, 4.69) is 65.7 Å². The molecular weight excluding hydrogens is 184 g/mol. The maximum Gasteiger partial charge on any atom is 0.281 e. The molecule has 0 spiro atoms. The lowest BCUT2D eigenvalue weighted by molar-refractivity contribution is -0.498. The van der Waals surface area contributed by atoms with Crippen LogP contribution in [0.3, 0.4) is 0 Å². The van der Waals surface area contributed by atoms with Crippen molar-refractivity contribution in [1.82, 2.24) is 0 Å². The van der Waals surface area contributed by atoms with Crippen LogP contribution in [-0.4, -0.2) is 13.1 Å². The molecule has 0 N–H and O–H groups in total. The van der Waals surface area contributed by atoms with Gasteiger partial charge < -0.3 is 0 Å². The van der Waals surface area contributed by atoms with Gasteiger partial charge in [-0.3, -0.25) is 4.90 Å². The summed E-state index contributed by atoms with van der Waals surface area (Å²) >= 11 is 0. The Bertz CT molecular complexity index is 442. The van der Waals surface area contributed by atoms with Crippen molar-refractivity contribution < 1.29 is 4.40 Å². The van der Waals surface area contributed by atoms with E-state index in [1.54, 1.807) is 0 Å². The lowest BCUT2D eigenvalue weighted by atomic mass is 10.3. The van der Waals surface area contributed by atoms with Crippen LogP contribution in [0.1, 0.15) is 13.8 Å². The molecule has 2 rings (SSSR count). The third-order valence-electron chi connectivity index (χ3n) is 2.74. The predicted molar refractivity (Wildman–Crippen MR) is 63.2 cm³/mol. The first-order chi connectivity index (χ1) is 7.36. The Kier molecular flexibility index (Phi) is 2.86. The van der Waals surface area contributed by atoms with Crippen LogP contribution < -0.4 is 9.30 Å². The zero-order chi connectivity index (χ0) is 10.7. The van der Waals surface area contributed by atoms with Crippen molar-refractivity contribution in [2.24, 2.45) is 0 Å². The zero-order valence-electron chi connectivity index (χ0n) is 9.35. The van der Waals surface area contributed by atoms with Gasteiger partial charge in [-0.1, -0.05) is 6.07 Å². The molecule has 0 unspecified atom stereocenters. The topological polar surface area (TPSA) is 7.34 Å². The third-order valence-corrected chi connectivity index (χ3v) is 2.74. The Labute approximate surface area is 90.8 Å². The van der Waals surface area contributed by atoms with E-state index >= 15 is 0 Å². The molecule has 0 saturated carbocycles. The lowest BCUT2D eigenvalue weighted by Crippen LogP contribution is -2.35. The molecule has 0 amide bonds. The average molecular weight is 201 g/mol. The van der Waals surface area contributed by atoms with Crippen molar-refractivity contribution >= 4 is 11.3 Å². The summed E-state index contributed by atoms with van der Waals surface area (Å²) in [7, 11) is 0. The summed E-state index contributed by atoms with van der Waals surface area (Å²) in [6.07, 6.45) is 2.11. The molecule has 2 heterocycles. The summed E-state index contributed by atoms with van der Waals surface area (Å²) in [5.74, 6) is 1.26. The highest BCUT2D eigenvalue weighted by atomic mass is 15.2. The first kappa shape index (κ1) is 9.97. The highest BCUT2D eigenvalue weighted by molar-refractivity contribution is 5.44. The van der Waals surface area contributed by atoms with Gasteiger partial charge in [0, 0.05) is 6.07 Å². The van der Waals surface area contributed by atoms with Gasteiger partial charge in [0.1, 0.15) is 5.52 Å². The van der Waals surface area contributed by atoms with E-state index in [1.807, 2.05) is 0 Å². The van der Waals surface area contributed by atoms with Crippen LogP contribution in [0.5, 0.6) is 0 Å². The van der Waals surface area contributed by atoms with Gasteiger partial charge in [-0.2, -0.15) is 0 Å². The summed E-state index contributed by atoms with van der Waals surface area (Å²) in [6.45, 7) is 6.45. The lowest BCUT2D eigenvalue weighted by Gasteiger charge is -2.13. The largest absolute Gasteiger partial charge is 0.281 e. The van der Waals surface area contributed by atoms with E-state index in [1.165, 1.54) is 11.3 Å². The first-order valence-corrected chi connectivity index (χ1v) is 5.51. The quantitative estimate of drug-likeness (QED) is 0.691. The molecule has 2 heteroatoms. The highest BCUT2D eigenvalue weighted by Gasteiger charge is 2.13. The number of aromatic nitrogens is 1. The first-order valence-electron chi connectivity index (χ1n) is 5.51. The molecular formula is C13H17N2+. The van der Waals surface area contributed by atoms with Crippen LogP contribution in [0.4, 0.5) is 5.82 Å². The van der Waals surface area contributed by atoms with Crippen LogP contribution in [0, 0.1) is 0 Å².